The Bertz CT molecular complexity index is 608. The predicted octanol–water partition coefficient (Wildman–Crippen LogP) is 2.13. The molecule has 2 rings (SSSR count). The van der Waals surface area contributed by atoms with E-state index in [0.29, 0.717) is 16.9 Å². The van der Waals surface area contributed by atoms with Crippen LogP contribution in [0.15, 0.2) is 34.9 Å². The Balaban J connectivity index is 2.23. The van der Waals surface area contributed by atoms with Gasteiger partial charge in [-0.3, -0.25) is 4.79 Å². The molecule has 90 valence electrons. The third-order valence-electron chi connectivity index (χ3n) is 2.53. The lowest BCUT2D eigenvalue weighted by molar-refractivity contribution is 0.0957. The summed E-state index contributed by atoms with van der Waals surface area (Å²) in [7, 11) is 1.64. The number of carbonyl (C=O) groups excluding carboxylic acids is 1. The van der Waals surface area contributed by atoms with Crippen molar-refractivity contribution in [2.24, 2.45) is 0 Å². The fourth-order valence-corrected chi connectivity index (χ4v) is 1.51. The van der Waals surface area contributed by atoms with Crippen molar-refractivity contribution >= 4 is 11.6 Å². The summed E-state index contributed by atoms with van der Waals surface area (Å²) in [5.41, 5.74) is 1.90. The molecule has 1 aromatic heterocycles. The molecule has 0 radical (unpaired) electrons. The Hall–Kier alpha value is -2.61. The van der Waals surface area contributed by atoms with E-state index in [1.165, 1.54) is 4.90 Å². The van der Waals surface area contributed by atoms with Gasteiger partial charge in [0.25, 0.3) is 5.91 Å². The summed E-state index contributed by atoms with van der Waals surface area (Å²) in [5.74, 6) is -0.0836. The Morgan fingerprint density at radius 3 is 2.56 bits per heavy atom. The molecule has 0 aliphatic carbocycles. The number of nitriles is 1. The monoisotopic (exact) mass is 241 g/mol. The maximum atomic E-state index is 12.0. The number of nitrogens with zero attached hydrogens (tertiary/aromatic N) is 3. The summed E-state index contributed by atoms with van der Waals surface area (Å²) in [6.07, 6.45) is 0. The van der Waals surface area contributed by atoms with Crippen LogP contribution in [0.4, 0.5) is 5.69 Å². The Labute approximate surface area is 104 Å². The smallest absolute Gasteiger partial charge is 0.296 e. The van der Waals surface area contributed by atoms with Crippen LogP contribution in [0.1, 0.15) is 21.8 Å². The molecule has 0 fully saturated rings. The minimum Gasteiger partial charge on any atom is -0.351 e. The lowest BCUT2D eigenvalue weighted by Gasteiger charge is -2.15. The lowest BCUT2D eigenvalue weighted by atomic mass is 10.2. The predicted molar refractivity (Wildman–Crippen MR) is 65.1 cm³/mol. The van der Waals surface area contributed by atoms with Crippen molar-refractivity contribution < 1.29 is 9.32 Å². The second kappa shape index (κ2) is 4.72. The van der Waals surface area contributed by atoms with Crippen molar-refractivity contribution in [2.45, 2.75) is 6.92 Å². The molecule has 0 aliphatic rings. The van der Waals surface area contributed by atoms with Crippen LogP contribution < -0.4 is 4.90 Å². The maximum Gasteiger partial charge on any atom is 0.296 e. The summed E-state index contributed by atoms with van der Waals surface area (Å²) in [4.78, 5) is 13.5. The van der Waals surface area contributed by atoms with Gasteiger partial charge >= 0.3 is 0 Å². The van der Waals surface area contributed by atoms with Crippen LogP contribution in [0.3, 0.4) is 0 Å². The van der Waals surface area contributed by atoms with Crippen molar-refractivity contribution in [3.63, 3.8) is 0 Å². The van der Waals surface area contributed by atoms with Crippen LogP contribution in [-0.2, 0) is 0 Å². The molecule has 1 aromatic carbocycles. The molecule has 1 amide bonds. The molecule has 0 saturated heterocycles. The van der Waals surface area contributed by atoms with E-state index in [2.05, 4.69) is 5.16 Å². The summed E-state index contributed by atoms with van der Waals surface area (Å²) >= 11 is 0. The van der Waals surface area contributed by atoms with Crippen molar-refractivity contribution in [3.8, 4) is 6.07 Å². The lowest BCUT2D eigenvalue weighted by Crippen LogP contribution is -2.25. The number of anilines is 1. The molecule has 0 bridgehead atoms. The number of hydrogen-bond acceptors (Lipinski definition) is 4. The van der Waals surface area contributed by atoms with Crippen molar-refractivity contribution in [1.82, 2.24) is 5.16 Å². The van der Waals surface area contributed by atoms with Gasteiger partial charge in [-0.2, -0.15) is 5.26 Å². The van der Waals surface area contributed by atoms with Gasteiger partial charge in [0, 0.05) is 18.8 Å². The quantitative estimate of drug-likeness (QED) is 0.807. The second-order valence-corrected chi connectivity index (χ2v) is 3.86. The molecule has 0 atom stereocenters. The first-order valence-corrected chi connectivity index (χ1v) is 5.33. The minimum atomic E-state index is -0.277. The number of aromatic nitrogens is 1. The highest BCUT2D eigenvalue weighted by atomic mass is 16.5. The number of carbonyl (C=O) groups is 1. The van der Waals surface area contributed by atoms with E-state index in [4.69, 9.17) is 9.78 Å². The Morgan fingerprint density at radius 2 is 2.06 bits per heavy atom. The van der Waals surface area contributed by atoms with Gasteiger partial charge in [-0.25, -0.2) is 0 Å². The zero-order valence-electron chi connectivity index (χ0n) is 10.0. The highest BCUT2D eigenvalue weighted by Crippen LogP contribution is 2.16. The number of hydrogen-bond donors (Lipinski definition) is 0. The molecule has 0 N–H and O–H groups in total. The average molecular weight is 241 g/mol. The number of rotatable bonds is 2. The average Bonchev–Trinajstić information content (AvgIpc) is 2.84. The van der Waals surface area contributed by atoms with E-state index < -0.39 is 0 Å². The van der Waals surface area contributed by atoms with E-state index in [1.807, 2.05) is 6.07 Å². The molecule has 2 aromatic rings. The number of aryl methyl sites for hydroxylation is 1. The van der Waals surface area contributed by atoms with Crippen LogP contribution in [0, 0.1) is 18.3 Å². The Morgan fingerprint density at radius 1 is 1.39 bits per heavy atom. The molecule has 5 heteroatoms. The first kappa shape index (κ1) is 11.9. The SMILES string of the molecule is Cc1cc(C(=O)N(C)c2ccc(C#N)cc2)on1. The van der Waals surface area contributed by atoms with Gasteiger partial charge < -0.3 is 9.42 Å². The summed E-state index contributed by atoms with van der Waals surface area (Å²) in [6.45, 7) is 1.75. The van der Waals surface area contributed by atoms with E-state index in [0.717, 1.165) is 0 Å². The van der Waals surface area contributed by atoms with Crippen LogP contribution in [0.25, 0.3) is 0 Å². The summed E-state index contributed by atoms with van der Waals surface area (Å²) < 4.78 is 4.92. The zero-order valence-corrected chi connectivity index (χ0v) is 10.0. The molecular formula is C13H11N3O2. The minimum absolute atomic E-state index is 0.194. The van der Waals surface area contributed by atoms with Gasteiger partial charge in [0.05, 0.1) is 17.3 Å². The summed E-state index contributed by atoms with van der Waals surface area (Å²) in [5, 5.41) is 12.4. The van der Waals surface area contributed by atoms with Gasteiger partial charge in [-0.05, 0) is 31.2 Å². The normalized spacial score (nSPS) is 9.83. The largest absolute Gasteiger partial charge is 0.351 e. The van der Waals surface area contributed by atoms with Gasteiger partial charge in [0.2, 0.25) is 5.76 Å². The van der Waals surface area contributed by atoms with Gasteiger partial charge in [-0.15, -0.1) is 0 Å². The van der Waals surface area contributed by atoms with Crippen molar-refractivity contribution in [1.29, 1.82) is 5.26 Å². The standard InChI is InChI=1S/C13H11N3O2/c1-9-7-12(18-15-9)13(17)16(2)11-5-3-10(8-14)4-6-11/h3-7H,1-2H3. The fraction of sp³-hybridized carbons (Fsp3) is 0.154. The molecule has 0 unspecified atom stereocenters. The third-order valence-corrected chi connectivity index (χ3v) is 2.53. The van der Waals surface area contributed by atoms with Gasteiger partial charge in [0.1, 0.15) is 0 Å². The number of benzene rings is 1. The van der Waals surface area contributed by atoms with Crippen molar-refractivity contribution in [3.05, 3.63) is 47.3 Å². The fourth-order valence-electron chi connectivity index (χ4n) is 1.51. The molecule has 0 spiro atoms. The zero-order chi connectivity index (χ0) is 13.1. The molecule has 1 heterocycles. The third kappa shape index (κ3) is 2.23. The first-order chi connectivity index (χ1) is 8.61. The van der Waals surface area contributed by atoms with E-state index >= 15 is 0 Å². The maximum absolute atomic E-state index is 12.0. The molecule has 5 nitrogen and oxygen atoms in total. The van der Waals surface area contributed by atoms with E-state index in [-0.39, 0.29) is 11.7 Å². The van der Waals surface area contributed by atoms with E-state index in [9.17, 15) is 4.79 Å². The Kier molecular flexibility index (Phi) is 3.11. The van der Waals surface area contributed by atoms with E-state index in [1.54, 1.807) is 44.3 Å². The van der Waals surface area contributed by atoms with Crippen LogP contribution in [0.5, 0.6) is 0 Å². The molecule has 0 saturated carbocycles. The van der Waals surface area contributed by atoms with Gasteiger partial charge in [-0.1, -0.05) is 5.16 Å². The molecule has 18 heavy (non-hydrogen) atoms. The molecular weight excluding hydrogens is 230 g/mol. The highest BCUT2D eigenvalue weighted by molar-refractivity contribution is 6.03. The highest BCUT2D eigenvalue weighted by Gasteiger charge is 2.17. The van der Waals surface area contributed by atoms with Crippen LogP contribution in [-0.4, -0.2) is 18.1 Å². The molecule has 0 aliphatic heterocycles. The van der Waals surface area contributed by atoms with Crippen LogP contribution in [0.2, 0.25) is 0 Å². The van der Waals surface area contributed by atoms with Gasteiger partial charge in [0.15, 0.2) is 0 Å². The number of amides is 1. The van der Waals surface area contributed by atoms with Crippen molar-refractivity contribution in [2.75, 3.05) is 11.9 Å². The first-order valence-electron chi connectivity index (χ1n) is 5.33. The second-order valence-electron chi connectivity index (χ2n) is 3.86. The van der Waals surface area contributed by atoms with Crippen LogP contribution >= 0.6 is 0 Å². The summed E-state index contributed by atoms with van der Waals surface area (Å²) in [6, 6.07) is 10.3. The topological polar surface area (TPSA) is 70.1 Å².